The predicted molar refractivity (Wildman–Crippen MR) is 94.3 cm³/mol. The number of ether oxygens (including phenoxy) is 1. The van der Waals surface area contributed by atoms with Gasteiger partial charge in [0, 0.05) is 36.6 Å². The van der Waals surface area contributed by atoms with Gasteiger partial charge in [-0.1, -0.05) is 11.6 Å². The Balaban J connectivity index is 1.65. The molecule has 0 bridgehead atoms. The van der Waals surface area contributed by atoms with Crippen LogP contribution >= 0.6 is 22.9 Å². The van der Waals surface area contributed by atoms with E-state index in [2.05, 4.69) is 15.2 Å². The second-order valence-corrected chi connectivity index (χ2v) is 6.68. The van der Waals surface area contributed by atoms with Gasteiger partial charge in [0.1, 0.15) is 5.02 Å². The predicted octanol–water partition coefficient (Wildman–Crippen LogP) is 2.79. The van der Waals surface area contributed by atoms with Crippen LogP contribution in [0.4, 0.5) is 10.8 Å². The molecule has 10 heteroatoms. The van der Waals surface area contributed by atoms with Gasteiger partial charge < -0.3 is 4.74 Å². The van der Waals surface area contributed by atoms with Crippen LogP contribution in [0.25, 0.3) is 0 Å². The summed E-state index contributed by atoms with van der Waals surface area (Å²) in [6, 6.07) is 3.92. The van der Waals surface area contributed by atoms with Crippen molar-refractivity contribution in [3.63, 3.8) is 0 Å². The third-order valence-electron chi connectivity index (χ3n) is 3.67. The standard InChI is InChI=1S/C15H15ClN4O4S/c16-12-2-1-10(7-13(12)20(22)23)14(21)18-15-17-11(9-25-15)8-19-3-5-24-6-4-19/h1-2,7,9H,3-6,8H2,(H,17,18,21). The average Bonchev–Trinajstić information content (AvgIpc) is 3.02. The first-order chi connectivity index (χ1) is 12.0. The first-order valence-corrected chi connectivity index (χ1v) is 8.78. The number of halogens is 1. The van der Waals surface area contributed by atoms with Gasteiger partial charge >= 0.3 is 0 Å². The maximum Gasteiger partial charge on any atom is 0.288 e. The van der Waals surface area contributed by atoms with Gasteiger partial charge in [-0.15, -0.1) is 11.3 Å². The van der Waals surface area contributed by atoms with Crippen molar-refractivity contribution in [2.45, 2.75) is 6.54 Å². The molecular weight excluding hydrogens is 368 g/mol. The molecule has 3 rings (SSSR count). The fraction of sp³-hybridized carbons (Fsp3) is 0.333. The van der Waals surface area contributed by atoms with Gasteiger partial charge in [0.15, 0.2) is 5.13 Å². The lowest BCUT2D eigenvalue weighted by Gasteiger charge is -2.25. The van der Waals surface area contributed by atoms with Crippen LogP contribution in [0.2, 0.25) is 5.02 Å². The van der Waals surface area contributed by atoms with Crippen LogP contribution in [0, 0.1) is 10.1 Å². The summed E-state index contributed by atoms with van der Waals surface area (Å²) in [4.78, 5) is 29.2. The van der Waals surface area contributed by atoms with E-state index in [9.17, 15) is 14.9 Å². The number of nitro groups is 1. The minimum absolute atomic E-state index is 0.0106. The van der Waals surface area contributed by atoms with Gasteiger partial charge in [-0.3, -0.25) is 25.1 Å². The topological polar surface area (TPSA) is 97.6 Å². The largest absolute Gasteiger partial charge is 0.379 e. The molecule has 2 heterocycles. The summed E-state index contributed by atoms with van der Waals surface area (Å²) in [5, 5.41) is 15.9. The smallest absolute Gasteiger partial charge is 0.288 e. The third kappa shape index (κ3) is 4.51. The molecule has 2 aromatic rings. The number of carbonyl (C=O) groups is 1. The van der Waals surface area contributed by atoms with Crippen molar-refractivity contribution in [1.82, 2.24) is 9.88 Å². The molecule has 132 valence electrons. The Kier molecular flexibility index (Phi) is 5.59. The number of anilines is 1. The van der Waals surface area contributed by atoms with Crippen LogP contribution in [0.1, 0.15) is 16.1 Å². The lowest BCUT2D eigenvalue weighted by molar-refractivity contribution is -0.384. The van der Waals surface area contributed by atoms with E-state index in [-0.39, 0.29) is 16.3 Å². The number of amides is 1. The van der Waals surface area contributed by atoms with Crippen LogP contribution in [0.3, 0.4) is 0 Å². The maximum absolute atomic E-state index is 12.3. The second-order valence-electron chi connectivity index (χ2n) is 5.41. The number of rotatable bonds is 5. The number of hydrogen-bond acceptors (Lipinski definition) is 7. The first kappa shape index (κ1) is 17.7. The minimum Gasteiger partial charge on any atom is -0.379 e. The van der Waals surface area contributed by atoms with Crippen LogP contribution in [-0.4, -0.2) is 47.0 Å². The lowest BCUT2D eigenvalue weighted by Crippen LogP contribution is -2.35. The molecule has 1 N–H and O–H groups in total. The minimum atomic E-state index is -0.622. The van der Waals surface area contributed by atoms with E-state index in [4.69, 9.17) is 16.3 Å². The molecule has 0 aliphatic carbocycles. The van der Waals surface area contributed by atoms with Crippen molar-refractivity contribution in [2.24, 2.45) is 0 Å². The lowest BCUT2D eigenvalue weighted by atomic mass is 10.2. The molecule has 1 aromatic carbocycles. The molecule has 0 atom stereocenters. The highest BCUT2D eigenvalue weighted by Gasteiger charge is 2.18. The number of hydrogen-bond donors (Lipinski definition) is 1. The van der Waals surface area contributed by atoms with Gasteiger partial charge in [0.25, 0.3) is 11.6 Å². The van der Waals surface area contributed by atoms with Gasteiger partial charge in [-0.05, 0) is 12.1 Å². The fourth-order valence-electron chi connectivity index (χ4n) is 2.39. The highest BCUT2D eigenvalue weighted by molar-refractivity contribution is 7.14. The van der Waals surface area contributed by atoms with E-state index in [1.807, 2.05) is 5.38 Å². The van der Waals surface area contributed by atoms with Gasteiger partial charge in [-0.25, -0.2) is 4.98 Å². The molecular formula is C15H15ClN4O4S. The van der Waals surface area contributed by atoms with Crippen molar-refractivity contribution in [3.8, 4) is 0 Å². The Morgan fingerprint density at radius 2 is 2.20 bits per heavy atom. The summed E-state index contributed by atoms with van der Waals surface area (Å²) in [6.45, 7) is 3.83. The summed E-state index contributed by atoms with van der Waals surface area (Å²) < 4.78 is 5.31. The van der Waals surface area contributed by atoms with Crippen molar-refractivity contribution in [2.75, 3.05) is 31.6 Å². The van der Waals surface area contributed by atoms with Crippen LogP contribution in [-0.2, 0) is 11.3 Å². The maximum atomic E-state index is 12.3. The summed E-state index contributed by atoms with van der Waals surface area (Å²) in [6.07, 6.45) is 0. The van der Waals surface area contributed by atoms with E-state index in [1.165, 1.54) is 23.5 Å². The van der Waals surface area contributed by atoms with Crippen molar-refractivity contribution in [1.29, 1.82) is 0 Å². The van der Waals surface area contributed by atoms with Crippen molar-refractivity contribution in [3.05, 3.63) is 50.0 Å². The summed E-state index contributed by atoms with van der Waals surface area (Å²) >= 11 is 7.07. The highest BCUT2D eigenvalue weighted by atomic mass is 35.5. The highest BCUT2D eigenvalue weighted by Crippen LogP contribution is 2.26. The Morgan fingerprint density at radius 1 is 1.44 bits per heavy atom. The molecule has 1 amide bonds. The summed E-state index contributed by atoms with van der Waals surface area (Å²) in [5.74, 6) is -0.466. The molecule has 25 heavy (non-hydrogen) atoms. The molecule has 0 radical (unpaired) electrons. The van der Waals surface area contributed by atoms with Gasteiger partial charge in [-0.2, -0.15) is 0 Å². The zero-order valence-electron chi connectivity index (χ0n) is 13.1. The number of benzene rings is 1. The molecule has 0 spiro atoms. The number of nitrogens with zero attached hydrogens (tertiary/aromatic N) is 3. The summed E-state index contributed by atoms with van der Waals surface area (Å²) in [5.41, 5.74) is 0.715. The number of nitrogens with one attached hydrogen (secondary N) is 1. The molecule has 0 saturated carbocycles. The second kappa shape index (κ2) is 7.87. The van der Waals surface area contributed by atoms with Crippen LogP contribution < -0.4 is 5.32 Å². The zero-order chi connectivity index (χ0) is 17.8. The average molecular weight is 383 g/mol. The van der Waals surface area contributed by atoms with Gasteiger partial charge in [0.2, 0.25) is 0 Å². The normalized spacial score (nSPS) is 15.1. The number of morpholine rings is 1. The Bertz CT molecular complexity index is 792. The number of aromatic nitrogens is 1. The SMILES string of the molecule is O=C(Nc1nc(CN2CCOCC2)cs1)c1ccc(Cl)c([N+](=O)[O-])c1. The number of carbonyl (C=O) groups excluding carboxylic acids is 1. The first-order valence-electron chi connectivity index (χ1n) is 7.53. The van der Waals surface area contributed by atoms with Crippen molar-refractivity contribution >= 4 is 39.7 Å². The van der Waals surface area contributed by atoms with Gasteiger partial charge in [0.05, 0.1) is 23.8 Å². The molecule has 1 aromatic heterocycles. The number of nitro benzene ring substituents is 1. The fourth-order valence-corrected chi connectivity index (χ4v) is 3.27. The van der Waals surface area contributed by atoms with E-state index in [0.29, 0.717) is 24.9 Å². The molecule has 1 fully saturated rings. The summed E-state index contributed by atoms with van der Waals surface area (Å²) in [7, 11) is 0. The van der Waals surface area contributed by atoms with E-state index < -0.39 is 10.8 Å². The molecule has 8 nitrogen and oxygen atoms in total. The molecule has 1 aliphatic rings. The Labute approximate surface area is 152 Å². The molecule has 0 unspecified atom stereocenters. The van der Waals surface area contributed by atoms with Crippen molar-refractivity contribution < 1.29 is 14.5 Å². The molecule has 1 aliphatic heterocycles. The Hall–Kier alpha value is -2.07. The monoisotopic (exact) mass is 382 g/mol. The van der Waals surface area contributed by atoms with E-state index in [1.54, 1.807) is 0 Å². The van der Waals surface area contributed by atoms with Crippen LogP contribution in [0.15, 0.2) is 23.6 Å². The van der Waals surface area contributed by atoms with Crippen LogP contribution in [0.5, 0.6) is 0 Å². The quantitative estimate of drug-likeness (QED) is 0.630. The molecule has 1 saturated heterocycles. The Morgan fingerprint density at radius 3 is 2.92 bits per heavy atom. The number of thiazole rings is 1. The van der Waals surface area contributed by atoms with E-state index >= 15 is 0 Å². The van der Waals surface area contributed by atoms with E-state index in [0.717, 1.165) is 24.8 Å². The third-order valence-corrected chi connectivity index (χ3v) is 4.79. The zero-order valence-corrected chi connectivity index (χ0v) is 14.7.